The van der Waals surface area contributed by atoms with Crippen molar-refractivity contribution in [1.29, 1.82) is 0 Å². The molecule has 2 N–H and O–H groups in total. The Morgan fingerprint density at radius 3 is 2.71 bits per heavy atom. The summed E-state index contributed by atoms with van der Waals surface area (Å²) >= 11 is 7.58. The maximum atomic E-state index is 11.8. The van der Waals surface area contributed by atoms with Crippen LogP contribution in [0.25, 0.3) is 0 Å². The lowest BCUT2D eigenvalue weighted by atomic mass is 9.93. The van der Waals surface area contributed by atoms with Gasteiger partial charge in [-0.3, -0.25) is 4.79 Å². The van der Waals surface area contributed by atoms with Gasteiger partial charge in [0.1, 0.15) is 0 Å². The number of carbonyl (C=O) groups excluding carboxylic acids is 1. The molecule has 1 aliphatic heterocycles. The molecule has 1 amide bonds. The zero-order valence-electron chi connectivity index (χ0n) is 12.2. The second kappa shape index (κ2) is 9.34. The van der Waals surface area contributed by atoms with Crippen molar-refractivity contribution in [2.75, 3.05) is 25.4 Å². The first kappa shape index (κ1) is 16.7. The molecule has 0 spiro atoms. The minimum atomic E-state index is 0.185. The molecule has 1 aliphatic rings. The summed E-state index contributed by atoms with van der Waals surface area (Å²) in [7, 11) is 0. The predicted molar refractivity (Wildman–Crippen MR) is 90.0 cm³/mol. The standard InChI is InChI=1S/C16H23ClN2OS/c17-14-2-4-15(5-3-14)21-12-11-19-16(20)6-1-13-7-9-18-10-8-13/h2-5,13,18H,1,6-12H2,(H,19,20). The van der Waals surface area contributed by atoms with E-state index in [1.54, 1.807) is 11.8 Å². The number of hydrogen-bond donors (Lipinski definition) is 2. The Hall–Kier alpha value is -0.710. The first-order valence-electron chi connectivity index (χ1n) is 7.60. The van der Waals surface area contributed by atoms with Crippen LogP contribution in [0.15, 0.2) is 29.2 Å². The number of halogens is 1. The van der Waals surface area contributed by atoms with E-state index in [1.165, 1.54) is 17.7 Å². The molecule has 3 nitrogen and oxygen atoms in total. The van der Waals surface area contributed by atoms with E-state index in [-0.39, 0.29) is 5.91 Å². The van der Waals surface area contributed by atoms with Gasteiger partial charge < -0.3 is 10.6 Å². The molecule has 0 atom stereocenters. The third kappa shape index (κ3) is 6.72. The molecule has 1 aromatic carbocycles. The number of carbonyl (C=O) groups is 1. The molecule has 5 heteroatoms. The lowest BCUT2D eigenvalue weighted by molar-refractivity contribution is -0.121. The average Bonchev–Trinajstić information content (AvgIpc) is 2.52. The van der Waals surface area contributed by atoms with Crippen molar-refractivity contribution < 1.29 is 4.79 Å². The molecule has 0 aliphatic carbocycles. The Morgan fingerprint density at radius 1 is 1.29 bits per heavy atom. The van der Waals surface area contributed by atoms with Gasteiger partial charge >= 0.3 is 0 Å². The van der Waals surface area contributed by atoms with E-state index >= 15 is 0 Å². The Bertz CT molecular complexity index is 432. The van der Waals surface area contributed by atoms with Crippen LogP contribution < -0.4 is 10.6 Å². The maximum absolute atomic E-state index is 11.8. The van der Waals surface area contributed by atoms with Gasteiger partial charge in [0.2, 0.25) is 5.91 Å². The first-order valence-corrected chi connectivity index (χ1v) is 8.96. The quantitative estimate of drug-likeness (QED) is 0.596. The van der Waals surface area contributed by atoms with Crippen molar-refractivity contribution in [2.45, 2.75) is 30.6 Å². The summed E-state index contributed by atoms with van der Waals surface area (Å²) in [6.07, 6.45) is 4.10. The number of piperidine rings is 1. The van der Waals surface area contributed by atoms with Gasteiger partial charge in [-0.15, -0.1) is 11.8 Å². The highest BCUT2D eigenvalue weighted by Crippen LogP contribution is 2.20. The number of thioether (sulfide) groups is 1. The number of nitrogens with one attached hydrogen (secondary N) is 2. The largest absolute Gasteiger partial charge is 0.355 e. The Balaban J connectivity index is 1.53. The smallest absolute Gasteiger partial charge is 0.220 e. The van der Waals surface area contributed by atoms with E-state index in [0.717, 1.165) is 42.7 Å². The van der Waals surface area contributed by atoms with Gasteiger partial charge in [-0.25, -0.2) is 0 Å². The monoisotopic (exact) mass is 326 g/mol. The summed E-state index contributed by atoms with van der Waals surface area (Å²) in [6, 6.07) is 7.79. The Labute approximate surface area is 136 Å². The highest BCUT2D eigenvalue weighted by Gasteiger charge is 2.14. The van der Waals surface area contributed by atoms with Crippen molar-refractivity contribution in [3.8, 4) is 0 Å². The minimum absolute atomic E-state index is 0.185. The lowest BCUT2D eigenvalue weighted by Gasteiger charge is -2.22. The highest BCUT2D eigenvalue weighted by atomic mass is 35.5. The predicted octanol–water partition coefficient (Wildman–Crippen LogP) is 3.33. The van der Waals surface area contributed by atoms with Crippen molar-refractivity contribution in [3.63, 3.8) is 0 Å². The van der Waals surface area contributed by atoms with Crippen molar-refractivity contribution in [1.82, 2.24) is 10.6 Å². The summed E-state index contributed by atoms with van der Waals surface area (Å²) < 4.78 is 0. The Morgan fingerprint density at radius 2 is 2.00 bits per heavy atom. The molecule has 116 valence electrons. The summed E-state index contributed by atoms with van der Waals surface area (Å²) in [4.78, 5) is 13.0. The van der Waals surface area contributed by atoms with Crippen LogP contribution in [-0.2, 0) is 4.79 Å². The summed E-state index contributed by atoms with van der Waals surface area (Å²) in [6.45, 7) is 2.92. The van der Waals surface area contributed by atoms with E-state index in [2.05, 4.69) is 10.6 Å². The molecular formula is C16H23ClN2OS. The van der Waals surface area contributed by atoms with Crippen LogP contribution in [0.4, 0.5) is 0 Å². The fourth-order valence-corrected chi connectivity index (χ4v) is 3.38. The van der Waals surface area contributed by atoms with Gasteiger partial charge in [0.25, 0.3) is 0 Å². The van der Waals surface area contributed by atoms with Gasteiger partial charge in [-0.1, -0.05) is 11.6 Å². The van der Waals surface area contributed by atoms with E-state index in [0.29, 0.717) is 6.42 Å². The number of hydrogen-bond acceptors (Lipinski definition) is 3. The maximum Gasteiger partial charge on any atom is 0.220 e. The summed E-state index contributed by atoms with van der Waals surface area (Å²) in [5, 5.41) is 7.11. The molecular weight excluding hydrogens is 304 g/mol. The molecule has 0 aromatic heterocycles. The number of benzene rings is 1. The van der Waals surface area contributed by atoms with Crippen LogP contribution in [0.5, 0.6) is 0 Å². The molecule has 1 aromatic rings. The molecule has 0 radical (unpaired) electrons. The summed E-state index contributed by atoms with van der Waals surface area (Å²) in [5.74, 6) is 1.80. The minimum Gasteiger partial charge on any atom is -0.355 e. The third-order valence-electron chi connectivity index (χ3n) is 3.74. The molecule has 21 heavy (non-hydrogen) atoms. The van der Waals surface area contributed by atoms with Gasteiger partial charge in [-0.2, -0.15) is 0 Å². The Kier molecular flexibility index (Phi) is 7.41. The van der Waals surface area contributed by atoms with E-state index in [1.807, 2.05) is 24.3 Å². The second-order valence-electron chi connectivity index (χ2n) is 5.38. The van der Waals surface area contributed by atoms with E-state index in [4.69, 9.17) is 11.6 Å². The van der Waals surface area contributed by atoms with Crippen molar-refractivity contribution in [3.05, 3.63) is 29.3 Å². The molecule has 0 saturated carbocycles. The fraction of sp³-hybridized carbons (Fsp3) is 0.562. The molecule has 2 rings (SSSR count). The average molecular weight is 327 g/mol. The van der Waals surface area contributed by atoms with Crippen molar-refractivity contribution >= 4 is 29.3 Å². The highest BCUT2D eigenvalue weighted by molar-refractivity contribution is 7.99. The molecule has 1 saturated heterocycles. The zero-order chi connectivity index (χ0) is 14.9. The van der Waals surface area contributed by atoms with Crippen LogP contribution in [0.2, 0.25) is 5.02 Å². The molecule has 0 unspecified atom stereocenters. The fourth-order valence-electron chi connectivity index (χ4n) is 2.48. The van der Waals surface area contributed by atoms with Gasteiger partial charge in [0.15, 0.2) is 0 Å². The van der Waals surface area contributed by atoms with Crippen LogP contribution in [0.3, 0.4) is 0 Å². The molecule has 0 bridgehead atoms. The van der Waals surface area contributed by atoms with Gasteiger partial charge in [0.05, 0.1) is 0 Å². The van der Waals surface area contributed by atoms with E-state index in [9.17, 15) is 4.79 Å². The zero-order valence-corrected chi connectivity index (χ0v) is 13.8. The normalized spacial score (nSPS) is 15.9. The number of amides is 1. The van der Waals surface area contributed by atoms with Crippen LogP contribution in [0, 0.1) is 5.92 Å². The first-order chi connectivity index (χ1) is 10.2. The third-order valence-corrected chi connectivity index (χ3v) is 5.01. The molecule has 1 fully saturated rings. The van der Waals surface area contributed by atoms with E-state index < -0.39 is 0 Å². The van der Waals surface area contributed by atoms with Crippen molar-refractivity contribution in [2.24, 2.45) is 5.92 Å². The van der Waals surface area contributed by atoms with Crippen LogP contribution >= 0.6 is 23.4 Å². The van der Waals surface area contributed by atoms with Crippen LogP contribution in [-0.4, -0.2) is 31.3 Å². The second-order valence-corrected chi connectivity index (χ2v) is 6.99. The van der Waals surface area contributed by atoms with Gasteiger partial charge in [0, 0.05) is 28.6 Å². The topological polar surface area (TPSA) is 41.1 Å². The number of rotatable bonds is 7. The van der Waals surface area contributed by atoms with Crippen LogP contribution in [0.1, 0.15) is 25.7 Å². The van der Waals surface area contributed by atoms with Gasteiger partial charge in [-0.05, 0) is 62.5 Å². The lowest BCUT2D eigenvalue weighted by Crippen LogP contribution is -2.30. The SMILES string of the molecule is O=C(CCC1CCNCC1)NCCSc1ccc(Cl)cc1. The molecule has 1 heterocycles. The summed E-state index contributed by atoms with van der Waals surface area (Å²) in [5.41, 5.74) is 0.